The molecule has 0 fully saturated rings. The number of hydrogen-bond acceptors (Lipinski definition) is 3. The lowest BCUT2D eigenvalue weighted by Crippen LogP contribution is -2.39. The first-order valence-corrected chi connectivity index (χ1v) is 5.34. The van der Waals surface area contributed by atoms with Gasteiger partial charge in [0, 0.05) is 12.1 Å². The van der Waals surface area contributed by atoms with E-state index in [0.29, 0.717) is 13.0 Å². The summed E-state index contributed by atoms with van der Waals surface area (Å²) in [6.45, 7) is 2.32. The van der Waals surface area contributed by atoms with Crippen molar-refractivity contribution >= 4 is 5.91 Å². The fourth-order valence-electron chi connectivity index (χ4n) is 1.35. The number of methoxy groups -OCH3 is 1. The SMILES string of the molecule is CCC(N)C(=O)NCc1ccccc1OC. The number of rotatable bonds is 5. The summed E-state index contributed by atoms with van der Waals surface area (Å²) in [5, 5.41) is 2.78. The van der Waals surface area contributed by atoms with E-state index in [9.17, 15) is 4.79 Å². The molecule has 4 heteroatoms. The van der Waals surface area contributed by atoms with Gasteiger partial charge in [-0.25, -0.2) is 0 Å². The summed E-state index contributed by atoms with van der Waals surface area (Å²) in [4.78, 5) is 11.5. The molecule has 1 aromatic rings. The number of ether oxygens (including phenoxy) is 1. The van der Waals surface area contributed by atoms with Crippen molar-refractivity contribution in [3.63, 3.8) is 0 Å². The van der Waals surface area contributed by atoms with Crippen molar-refractivity contribution in [1.29, 1.82) is 0 Å². The Hall–Kier alpha value is -1.55. The maximum absolute atomic E-state index is 11.5. The van der Waals surface area contributed by atoms with E-state index in [2.05, 4.69) is 5.32 Å². The first-order valence-electron chi connectivity index (χ1n) is 5.34. The number of nitrogens with one attached hydrogen (secondary N) is 1. The Morgan fingerprint density at radius 1 is 1.50 bits per heavy atom. The quantitative estimate of drug-likeness (QED) is 0.782. The first-order chi connectivity index (χ1) is 7.69. The minimum absolute atomic E-state index is 0.131. The predicted molar refractivity (Wildman–Crippen MR) is 63.1 cm³/mol. The Labute approximate surface area is 95.8 Å². The number of para-hydroxylation sites is 1. The Bertz CT molecular complexity index is 353. The average molecular weight is 222 g/mol. The van der Waals surface area contributed by atoms with Crippen LogP contribution in [0.15, 0.2) is 24.3 Å². The number of nitrogens with two attached hydrogens (primary N) is 1. The smallest absolute Gasteiger partial charge is 0.237 e. The van der Waals surface area contributed by atoms with Gasteiger partial charge in [-0.2, -0.15) is 0 Å². The molecule has 0 bridgehead atoms. The van der Waals surface area contributed by atoms with Gasteiger partial charge in [0.1, 0.15) is 5.75 Å². The van der Waals surface area contributed by atoms with Crippen LogP contribution in [-0.4, -0.2) is 19.1 Å². The molecule has 0 aliphatic heterocycles. The van der Waals surface area contributed by atoms with Crippen LogP contribution in [0, 0.1) is 0 Å². The molecule has 16 heavy (non-hydrogen) atoms. The van der Waals surface area contributed by atoms with Gasteiger partial charge in [0.05, 0.1) is 13.2 Å². The average Bonchev–Trinajstić information content (AvgIpc) is 2.35. The van der Waals surface area contributed by atoms with Gasteiger partial charge in [0.2, 0.25) is 5.91 Å². The van der Waals surface area contributed by atoms with Crippen molar-refractivity contribution in [3.8, 4) is 5.75 Å². The zero-order valence-electron chi connectivity index (χ0n) is 9.69. The Balaban J connectivity index is 2.57. The molecule has 0 saturated carbocycles. The van der Waals surface area contributed by atoms with Crippen LogP contribution in [0.2, 0.25) is 0 Å². The molecular formula is C12H18N2O2. The van der Waals surface area contributed by atoms with Gasteiger partial charge in [0.25, 0.3) is 0 Å². The van der Waals surface area contributed by atoms with Crippen LogP contribution in [0.5, 0.6) is 5.75 Å². The lowest BCUT2D eigenvalue weighted by atomic mass is 10.2. The number of benzene rings is 1. The highest BCUT2D eigenvalue weighted by atomic mass is 16.5. The molecule has 0 aliphatic carbocycles. The third kappa shape index (κ3) is 3.24. The Morgan fingerprint density at radius 3 is 2.81 bits per heavy atom. The number of hydrogen-bond donors (Lipinski definition) is 2. The minimum atomic E-state index is -0.435. The highest BCUT2D eigenvalue weighted by molar-refractivity contribution is 5.81. The third-order valence-corrected chi connectivity index (χ3v) is 2.42. The van der Waals surface area contributed by atoms with Crippen molar-refractivity contribution in [3.05, 3.63) is 29.8 Å². The van der Waals surface area contributed by atoms with Gasteiger partial charge < -0.3 is 15.8 Å². The van der Waals surface area contributed by atoms with E-state index in [1.165, 1.54) is 0 Å². The molecule has 0 aromatic heterocycles. The molecule has 0 saturated heterocycles. The van der Waals surface area contributed by atoms with E-state index in [-0.39, 0.29) is 5.91 Å². The Morgan fingerprint density at radius 2 is 2.19 bits per heavy atom. The normalized spacial score (nSPS) is 11.9. The van der Waals surface area contributed by atoms with E-state index < -0.39 is 6.04 Å². The van der Waals surface area contributed by atoms with Gasteiger partial charge >= 0.3 is 0 Å². The van der Waals surface area contributed by atoms with Crippen molar-refractivity contribution in [2.24, 2.45) is 5.73 Å². The highest BCUT2D eigenvalue weighted by Gasteiger charge is 2.10. The van der Waals surface area contributed by atoms with Crippen molar-refractivity contribution in [1.82, 2.24) is 5.32 Å². The molecule has 1 atom stereocenters. The highest BCUT2D eigenvalue weighted by Crippen LogP contribution is 2.16. The van der Waals surface area contributed by atoms with E-state index in [0.717, 1.165) is 11.3 Å². The zero-order chi connectivity index (χ0) is 12.0. The zero-order valence-corrected chi connectivity index (χ0v) is 9.69. The fourth-order valence-corrected chi connectivity index (χ4v) is 1.35. The summed E-state index contributed by atoms with van der Waals surface area (Å²) in [6.07, 6.45) is 0.637. The summed E-state index contributed by atoms with van der Waals surface area (Å²) in [7, 11) is 1.61. The maximum atomic E-state index is 11.5. The summed E-state index contributed by atoms with van der Waals surface area (Å²) in [6, 6.07) is 7.14. The molecule has 0 spiro atoms. The van der Waals surface area contributed by atoms with Gasteiger partial charge in [-0.1, -0.05) is 25.1 Å². The summed E-state index contributed by atoms with van der Waals surface area (Å²) < 4.78 is 5.18. The second kappa shape index (κ2) is 6.12. The molecular weight excluding hydrogens is 204 g/mol. The lowest BCUT2D eigenvalue weighted by molar-refractivity contribution is -0.122. The van der Waals surface area contributed by atoms with Crippen LogP contribution in [-0.2, 0) is 11.3 Å². The summed E-state index contributed by atoms with van der Waals surface area (Å²) in [5.74, 6) is 0.640. The minimum Gasteiger partial charge on any atom is -0.496 e. The summed E-state index contributed by atoms with van der Waals surface area (Å²) >= 11 is 0. The maximum Gasteiger partial charge on any atom is 0.237 e. The second-order valence-electron chi connectivity index (χ2n) is 3.54. The van der Waals surface area contributed by atoms with Crippen molar-refractivity contribution < 1.29 is 9.53 Å². The van der Waals surface area contributed by atoms with Crippen LogP contribution >= 0.6 is 0 Å². The number of carbonyl (C=O) groups is 1. The predicted octanol–water partition coefficient (Wildman–Crippen LogP) is 1.05. The molecule has 1 amide bonds. The van der Waals surface area contributed by atoms with E-state index in [1.54, 1.807) is 7.11 Å². The molecule has 0 heterocycles. The first kappa shape index (κ1) is 12.5. The standard InChI is InChI=1S/C12H18N2O2/c1-3-10(13)12(15)14-8-9-6-4-5-7-11(9)16-2/h4-7,10H,3,8,13H2,1-2H3,(H,14,15). The topological polar surface area (TPSA) is 64.4 Å². The molecule has 3 N–H and O–H groups in total. The van der Waals surface area contributed by atoms with Crippen molar-refractivity contribution in [2.45, 2.75) is 25.9 Å². The fraction of sp³-hybridized carbons (Fsp3) is 0.417. The van der Waals surface area contributed by atoms with Gasteiger partial charge in [-0.15, -0.1) is 0 Å². The number of carbonyl (C=O) groups excluding carboxylic acids is 1. The summed E-state index contributed by atoms with van der Waals surface area (Å²) in [5.41, 5.74) is 6.55. The van der Waals surface area contributed by atoms with E-state index >= 15 is 0 Å². The van der Waals surface area contributed by atoms with Gasteiger partial charge in [-0.3, -0.25) is 4.79 Å². The van der Waals surface area contributed by atoms with Gasteiger partial charge in [-0.05, 0) is 12.5 Å². The second-order valence-corrected chi connectivity index (χ2v) is 3.54. The largest absolute Gasteiger partial charge is 0.496 e. The van der Waals surface area contributed by atoms with Gasteiger partial charge in [0.15, 0.2) is 0 Å². The molecule has 1 rings (SSSR count). The molecule has 0 aliphatic rings. The Kier molecular flexibility index (Phi) is 4.79. The molecule has 1 unspecified atom stereocenters. The van der Waals surface area contributed by atoms with E-state index in [4.69, 9.17) is 10.5 Å². The monoisotopic (exact) mass is 222 g/mol. The van der Waals surface area contributed by atoms with E-state index in [1.807, 2.05) is 31.2 Å². The van der Waals surface area contributed by atoms with Crippen LogP contribution < -0.4 is 15.8 Å². The molecule has 0 radical (unpaired) electrons. The molecule has 1 aromatic carbocycles. The molecule has 88 valence electrons. The van der Waals surface area contributed by atoms with Crippen LogP contribution in [0.1, 0.15) is 18.9 Å². The van der Waals surface area contributed by atoms with Crippen molar-refractivity contribution in [2.75, 3.05) is 7.11 Å². The van der Waals surface area contributed by atoms with Crippen LogP contribution in [0.3, 0.4) is 0 Å². The number of amides is 1. The molecule has 4 nitrogen and oxygen atoms in total. The third-order valence-electron chi connectivity index (χ3n) is 2.42. The lowest BCUT2D eigenvalue weighted by Gasteiger charge is -2.12. The van der Waals surface area contributed by atoms with Crippen LogP contribution in [0.4, 0.5) is 0 Å². The van der Waals surface area contributed by atoms with Crippen LogP contribution in [0.25, 0.3) is 0 Å².